The number of likely N-dealkylation sites (tertiary alicyclic amines) is 4. The first-order chi connectivity index (χ1) is 62.9. The van der Waals surface area contributed by atoms with Crippen molar-refractivity contribution < 1.29 is 77.0 Å². The molecule has 700 valence electrons. The molecule has 4 saturated heterocycles. The summed E-state index contributed by atoms with van der Waals surface area (Å²) in [5, 5.41) is 79.6. The van der Waals surface area contributed by atoms with E-state index in [1.807, 2.05) is 196 Å². The number of aromatic nitrogens is 4. The second-order valence-corrected chi connectivity index (χ2v) is 40.9. The molecule has 4 fully saturated rings. The summed E-state index contributed by atoms with van der Waals surface area (Å²) >= 11 is 3.48. The lowest BCUT2D eigenvalue weighted by atomic mass is 9.87. The topological polar surface area (TPSA) is 353 Å². The van der Waals surface area contributed by atoms with Crippen LogP contribution in [0, 0.1) is 65.2 Å². The number of aliphatic hydroxyl groups is 4. The van der Waals surface area contributed by atoms with E-state index in [2.05, 4.69) is 127 Å². The fourth-order valence-electron chi connectivity index (χ4n) is 19.7. The van der Waals surface area contributed by atoms with Gasteiger partial charge in [-0.2, -0.15) is 0 Å². The van der Waals surface area contributed by atoms with Gasteiger partial charge in [0, 0.05) is 112 Å². The van der Waals surface area contributed by atoms with Gasteiger partial charge in [0.2, 0.25) is 23.6 Å². The third-order valence-corrected chi connectivity index (χ3v) is 29.0. The summed E-state index contributed by atoms with van der Waals surface area (Å²) in [4.78, 5) is 87.9. The molecule has 14 heterocycles. The highest BCUT2D eigenvalue weighted by Crippen LogP contribution is 2.47. The van der Waals surface area contributed by atoms with Crippen LogP contribution in [0.2, 0.25) is 0 Å². The quantitative estimate of drug-likeness (QED) is 0.0489. The van der Waals surface area contributed by atoms with Gasteiger partial charge < -0.3 is 77.5 Å². The summed E-state index contributed by atoms with van der Waals surface area (Å²) in [5.41, 5.74) is 12.8. The monoisotopic (exact) mass is 1840 g/mol. The minimum atomic E-state index is -0.625. The number of benzene rings is 4. The van der Waals surface area contributed by atoms with Gasteiger partial charge in [-0.1, -0.05) is 206 Å². The van der Waals surface area contributed by atoms with Crippen LogP contribution in [0.1, 0.15) is 237 Å². The maximum atomic E-state index is 13.8. The Labute approximate surface area is 779 Å². The summed E-state index contributed by atoms with van der Waals surface area (Å²) in [6.45, 7) is 36.7. The summed E-state index contributed by atoms with van der Waals surface area (Å²) < 4.78 is 21.8. The molecule has 6 aromatic heterocycles. The second-order valence-electron chi connectivity index (χ2n) is 39.0. The number of rotatable bonds is 22. The van der Waals surface area contributed by atoms with Crippen molar-refractivity contribution in [3.63, 3.8) is 0 Å². The maximum absolute atomic E-state index is 13.8. The van der Waals surface area contributed by atoms with E-state index in [-0.39, 0.29) is 97.6 Å². The fraction of sp³-hybridized carbons (Fsp3) is 0.490. The minimum absolute atomic E-state index is 0.0146. The predicted molar refractivity (Wildman–Crippen MR) is 504 cm³/mol. The van der Waals surface area contributed by atoms with E-state index in [9.17, 15) is 39.6 Å². The fourth-order valence-corrected chi connectivity index (χ4v) is 21.6. The molecule has 0 bridgehead atoms. The van der Waals surface area contributed by atoms with Crippen LogP contribution in [0.4, 0.5) is 0 Å². The van der Waals surface area contributed by atoms with E-state index < -0.39 is 70.5 Å². The van der Waals surface area contributed by atoms with Gasteiger partial charge in [0.25, 0.3) is 0 Å². The Kier molecular flexibility index (Phi) is 28.5. The van der Waals surface area contributed by atoms with Crippen LogP contribution >= 0.6 is 22.7 Å². The van der Waals surface area contributed by atoms with Gasteiger partial charge in [0.1, 0.15) is 46.7 Å². The number of carbonyl (C=O) groups excluding carboxylic acids is 4. The van der Waals surface area contributed by atoms with Gasteiger partial charge in [0.15, 0.2) is 22.4 Å². The highest BCUT2D eigenvalue weighted by Gasteiger charge is 2.53. The smallest absolute Gasteiger partial charge is 0.234 e. The molecule has 4 N–H and O–H groups in total. The Hall–Kier alpha value is -11.3. The molecule has 0 aliphatic carbocycles. The molecule has 10 aromatic rings. The molecule has 4 aromatic carbocycles. The number of hydrogen-bond donors (Lipinski definition) is 4. The normalized spacial score (nSPS) is 25.9. The molecule has 16 atom stereocenters. The summed E-state index contributed by atoms with van der Waals surface area (Å²) in [7, 11) is 0. The molecule has 4 amide bonds. The molecule has 6 unspecified atom stereocenters. The van der Waals surface area contributed by atoms with Crippen molar-refractivity contribution in [2.24, 2.45) is 44.3 Å². The number of β-amino-alcohol motifs (C(OH)–C–C–N with tert-alkyl or cyclic N) is 4. The highest BCUT2D eigenvalue weighted by molar-refractivity contribution is 7.14. The predicted octanol–water partition coefficient (Wildman–Crippen LogP) is 17.6. The highest BCUT2D eigenvalue weighted by atomic mass is 32.1. The zero-order chi connectivity index (χ0) is 94.2. The van der Waals surface area contributed by atoms with E-state index in [1.165, 1.54) is 32.0 Å². The van der Waals surface area contributed by atoms with Crippen molar-refractivity contribution in [1.29, 1.82) is 0 Å². The van der Waals surface area contributed by atoms with Crippen LogP contribution in [0.15, 0.2) is 195 Å². The number of aryl methyl sites for hydroxylation is 6. The Morgan fingerprint density at radius 3 is 0.765 bits per heavy atom. The van der Waals surface area contributed by atoms with Crippen LogP contribution in [0.5, 0.6) is 0 Å². The lowest BCUT2D eigenvalue weighted by Crippen LogP contribution is -2.44. The third-order valence-electron chi connectivity index (χ3n) is 26.9. The van der Waals surface area contributed by atoms with E-state index in [4.69, 9.17) is 37.4 Å². The zero-order valence-corrected chi connectivity index (χ0v) is 80.2. The summed E-state index contributed by atoms with van der Waals surface area (Å²) in [6.07, 6.45) is 1.68. The molecular formula is C102H124N12O16S2. The number of nitrogens with zero attached hydrogens (tertiary/aromatic N) is 12. The standard InChI is InChI=1S/2C28H33N3O4S.2C23H29N3O4/c2*1-16(2)25(24-12-18(4)29-34-24)27(33)31-15-21(32)13-23(31)22-14-28(5,35-30-22)20-8-6-19(7-9-20)26-17(3)10-11-36-26;2*1-14(2)21(20-10-15(3)24-29-20)22(28)26-13-17(27)11-19(26)18-12-23(4,30-25-18)16-8-6-5-7-9-16/h2*6-12,16,21,23,25,32H,13-15H2,1-5H3;2*5-10,14,17,19,21,27H,11-13H2,1-4H3/t21-,23+,25+,28-;21-,23+,25-,28?;17-,19+,21+,23?;/m111./s1. The third kappa shape index (κ3) is 20.3. The molecule has 8 aliphatic heterocycles. The van der Waals surface area contributed by atoms with E-state index >= 15 is 0 Å². The van der Waals surface area contributed by atoms with Gasteiger partial charge in [-0.25, -0.2) is 0 Å². The van der Waals surface area contributed by atoms with Crippen molar-refractivity contribution in [2.75, 3.05) is 26.2 Å². The average molecular weight is 1840 g/mol. The van der Waals surface area contributed by atoms with Crippen LogP contribution < -0.4 is 0 Å². The Morgan fingerprint density at radius 2 is 0.568 bits per heavy atom. The molecule has 30 heteroatoms. The summed E-state index contributed by atoms with van der Waals surface area (Å²) in [5.74, 6) is 0.180. The van der Waals surface area contributed by atoms with Gasteiger partial charge in [-0.15, -0.1) is 22.7 Å². The molecule has 18 rings (SSSR count). The van der Waals surface area contributed by atoms with Crippen LogP contribution in [-0.4, -0.2) is 182 Å². The number of thiophene rings is 2. The lowest BCUT2D eigenvalue weighted by Gasteiger charge is -2.29. The minimum Gasteiger partial charge on any atom is -0.391 e. The number of hydrogen-bond acceptors (Lipinski definition) is 26. The summed E-state index contributed by atoms with van der Waals surface area (Å²) in [6, 6.07) is 47.1. The maximum Gasteiger partial charge on any atom is 0.234 e. The lowest BCUT2D eigenvalue weighted by molar-refractivity contribution is -0.135. The zero-order valence-electron chi connectivity index (χ0n) is 78.6. The largest absolute Gasteiger partial charge is 0.391 e. The van der Waals surface area contributed by atoms with Gasteiger partial charge >= 0.3 is 0 Å². The van der Waals surface area contributed by atoms with Crippen LogP contribution in [-0.2, 0) is 60.9 Å². The van der Waals surface area contributed by atoms with Crippen molar-refractivity contribution in [2.45, 2.75) is 271 Å². The van der Waals surface area contributed by atoms with Crippen molar-refractivity contribution in [3.8, 4) is 20.9 Å². The SMILES string of the molecule is Cc1cc(C(C(=O)N2CC(O)CC2C2=NOC(C)(c3ccccc3)C2)C(C)C)on1.Cc1cc([C@@H](C(=O)N2C[C@H](O)C[C@H]2C2=NOC(C)(c3ccccc3)C2)C(C)C)on1.Cc1cc([C@@H](C(=O)N2C[C@H](O)C[C@H]2C2=NO[C@@](C)(c3ccc(-c4sccc4C)cc3)C2)C(C)C)on1.Cc1cc([C@H](C(=O)N2C[C@H](O)C[C@H]2C2=NOC(C)(c3ccc(-c4sccc4C)cc3)C2)C(C)C)on1. The van der Waals surface area contributed by atoms with Gasteiger partial charge in [-0.05, 0) is 160 Å². The van der Waals surface area contributed by atoms with Crippen molar-refractivity contribution in [1.82, 2.24) is 40.2 Å². The molecule has 0 spiro atoms. The molecule has 0 radical (unpaired) electrons. The van der Waals surface area contributed by atoms with Crippen LogP contribution in [0.3, 0.4) is 0 Å². The average Bonchev–Trinajstić information content (AvgIpc) is 1.63. The van der Waals surface area contributed by atoms with Crippen molar-refractivity contribution in [3.05, 3.63) is 236 Å². The molecular weight excluding hydrogens is 1710 g/mol. The van der Waals surface area contributed by atoms with E-state index in [1.54, 1.807) is 42.3 Å². The molecule has 8 aliphatic rings. The second kappa shape index (κ2) is 39.5. The van der Waals surface area contributed by atoms with Gasteiger partial charge in [-0.3, -0.25) is 19.2 Å². The van der Waals surface area contributed by atoms with E-state index in [0.717, 1.165) is 67.9 Å². The molecule has 0 saturated carbocycles. The first kappa shape index (κ1) is 95.3. The Bertz CT molecular complexity index is 5480. The van der Waals surface area contributed by atoms with Crippen molar-refractivity contribution >= 4 is 69.1 Å². The molecule has 28 nitrogen and oxygen atoms in total. The Morgan fingerprint density at radius 1 is 0.341 bits per heavy atom. The number of carbonyl (C=O) groups is 4. The Balaban J connectivity index is 0.000000135. The van der Waals surface area contributed by atoms with E-state index in [0.29, 0.717) is 74.4 Å². The number of aliphatic hydroxyl groups excluding tert-OH is 4. The first-order valence-electron chi connectivity index (χ1n) is 46.0. The number of oxime groups is 4. The molecule has 132 heavy (non-hydrogen) atoms. The van der Waals surface area contributed by atoms with Crippen LogP contribution in [0.25, 0.3) is 20.9 Å². The number of amides is 4. The van der Waals surface area contributed by atoms with Gasteiger partial charge in [0.05, 0.1) is 94.2 Å². The first-order valence-corrected chi connectivity index (χ1v) is 47.7.